The average Bonchev–Trinajstić information content (AvgIpc) is 2.54. The van der Waals surface area contributed by atoms with Gasteiger partial charge in [0.05, 0.1) is 10.1 Å². The van der Waals surface area contributed by atoms with Crippen molar-refractivity contribution < 1.29 is 8.42 Å². The minimum Gasteiger partial charge on any atom is -0.223 e. The van der Waals surface area contributed by atoms with E-state index in [0.717, 1.165) is 22.0 Å². The molecule has 5 heteroatoms. The van der Waals surface area contributed by atoms with Crippen LogP contribution in [0.15, 0.2) is 51.8 Å². The number of hydrogen-bond donors (Lipinski definition) is 0. The lowest BCUT2D eigenvalue weighted by Gasteiger charge is -2.19. The van der Waals surface area contributed by atoms with Gasteiger partial charge in [-0.1, -0.05) is 54.4 Å². The monoisotopic (exact) mass is 442 g/mol. The Kier molecular flexibility index (Phi) is 7.12. The van der Waals surface area contributed by atoms with Gasteiger partial charge < -0.3 is 0 Å². The predicted molar refractivity (Wildman–Crippen MR) is 109 cm³/mol. The Morgan fingerprint density at radius 1 is 1.00 bits per heavy atom. The summed E-state index contributed by atoms with van der Waals surface area (Å²) in [5, 5.41) is 0.254. The van der Waals surface area contributed by atoms with Gasteiger partial charge in [-0.05, 0) is 72.7 Å². The molecule has 0 aromatic heterocycles. The van der Waals surface area contributed by atoms with Crippen molar-refractivity contribution in [3.63, 3.8) is 0 Å². The van der Waals surface area contributed by atoms with Gasteiger partial charge >= 0.3 is 0 Å². The molecule has 0 bridgehead atoms. The molecule has 0 aliphatic rings. The van der Waals surface area contributed by atoms with Gasteiger partial charge in [-0.15, -0.1) is 0 Å². The van der Waals surface area contributed by atoms with Crippen LogP contribution in [0.1, 0.15) is 38.3 Å². The van der Waals surface area contributed by atoms with E-state index in [1.807, 2.05) is 25.1 Å². The quantitative estimate of drug-likeness (QED) is 0.518. The van der Waals surface area contributed by atoms with Crippen LogP contribution in [0.3, 0.4) is 0 Å². The molecule has 0 fully saturated rings. The Bertz CT molecular complexity index is 814. The minimum atomic E-state index is -3.38. The molecule has 0 radical (unpaired) electrons. The molecule has 2 rings (SSSR count). The third-order valence-electron chi connectivity index (χ3n) is 4.28. The standard InChI is InChI=1S/C20H24BrClO2S/c1-4-19(25(23,24)20-9-6-17(21)7-10-20)13-15-5-8-18(22)12-16(15)11-14(2)3/h5-10,12,14,19H,4,11,13H2,1-3H3. The lowest BCUT2D eigenvalue weighted by Crippen LogP contribution is -2.24. The van der Waals surface area contributed by atoms with Crippen molar-refractivity contribution in [2.45, 2.75) is 50.2 Å². The number of halogens is 2. The second-order valence-corrected chi connectivity index (χ2v) is 10.3. The van der Waals surface area contributed by atoms with E-state index < -0.39 is 15.1 Å². The fourth-order valence-electron chi connectivity index (χ4n) is 2.96. The third kappa shape index (κ3) is 5.32. The summed E-state index contributed by atoms with van der Waals surface area (Å²) in [5.41, 5.74) is 2.22. The van der Waals surface area contributed by atoms with Crippen LogP contribution in [-0.2, 0) is 22.7 Å². The molecule has 0 heterocycles. The SMILES string of the molecule is CCC(Cc1ccc(Cl)cc1CC(C)C)S(=O)(=O)c1ccc(Br)cc1. The van der Waals surface area contributed by atoms with E-state index in [4.69, 9.17) is 11.6 Å². The van der Waals surface area contributed by atoms with Crippen LogP contribution in [0.4, 0.5) is 0 Å². The second-order valence-electron chi connectivity index (χ2n) is 6.74. The Labute approximate surface area is 164 Å². The van der Waals surface area contributed by atoms with E-state index in [-0.39, 0.29) is 0 Å². The Hall–Kier alpha value is -0.840. The minimum absolute atomic E-state index is 0.377. The van der Waals surface area contributed by atoms with E-state index in [2.05, 4.69) is 29.8 Å². The molecule has 2 aromatic carbocycles. The topological polar surface area (TPSA) is 34.1 Å². The molecule has 2 aromatic rings. The smallest absolute Gasteiger partial charge is 0.181 e. The number of rotatable bonds is 7. The maximum atomic E-state index is 13.0. The van der Waals surface area contributed by atoms with Gasteiger partial charge in [-0.3, -0.25) is 0 Å². The molecule has 136 valence electrons. The molecule has 0 aliphatic carbocycles. The Morgan fingerprint density at radius 2 is 1.64 bits per heavy atom. The fraction of sp³-hybridized carbons (Fsp3) is 0.400. The zero-order valence-electron chi connectivity index (χ0n) is 14.8. The van der Waals surface area contributed by atoms with Gasteiger partial charge in [0.1, 0.15) is 0 Å². The van der Waals surface area contributed by atoms with E-state index in [1.165, 1.54) is 0 Å². The first-order valence-electron chi connectivity index (χ1n) is 8.50. The van der Waals surface area contributed by atoms with Crippen LogP contribution in [-0.4, -0.2) is 13.7 Å². The summed E-state index contributed by atoms with van der Waals surface area (Å²) in [7, 11) is -3.38. The maximum Gasteiger partial charge on any atom is 0.181 e. The highest BCUT2D eigenvalue weighted by Gasteiger charge is 2.27. The van der Waals surface area contributed by atoms with Crippen molar-refractivity contribution in [2.24, 2.45) is 5.92 Å². The number of benzene rings is 2. The Balaban J connectivity index is 2.35. The third-order valence-corrected chi connectivity index (χ3v) is 7.35. The normalized spacial score (nSPS) is 13.2. The largest absolute Gasteiger partial charge is 0.223 e. The van der Waals surface area contributed by atoms with Crippen LogP contribution in [0, 0.1) is 5.92 Å². The van der Waals surface area contributed by atoms with Crippen molar-refractivity contribution >= 4 is 37.4 Å². The molecule has 0 N–H and O–H groups in total. The van der Waals surface area contributed by atoms with Gasteiger partial charge in [0.25, 0.3) is 0 Å². The molecule has 1 unspecified atom stereocenters. The van der Waals surface area contributed by atoms with E-state index in [9.17, 15) is 8.42 Å². The summed E-state index contributed by atoms with van der Waals surface area (Å²) in [6, 6.07) is 12.7. The number of hydrogen-bond acceptors (Lipinski definition) is 2. The second kappa shape index (κ2) is 8.70. The molecule has 0 saturated heterocycles. The van der Waals surface area contributed by atoms with E-state index in [0.29, 0.717) is 28.7 Å². The van der Waals surface area contributed by atoms with E-state index in [1.54, 1.807) is 24.3 Å². The molecule has 0 saturated carbocycles. The molecule has 1 atom stereocenters. The van der Waals surface area contributed by atoms with Crippen molar-refractivity contribution in [2.75, 3.05) is 0 Å². The molecule has 0 spiro atoms. The first-order chi connectivity index (χ1) is 11.7. The first-order valence-corrected chi connectivity index (χ1v) is 11.2. The summed E-state index contributed by atoms with van der Waals surface area (Å²) in [4.78, 5) is 0.377. The summed E-state index contributed by atoms with van der Waals surface area (Å²) < 4.78 is 26.9. The maximum absolute atomic E-state index is 13.0. The van der Waals surface area contributed by atoms with Gasteiger partial charge in [-0.2, -0.15) is 0 Å². The lowest BCUT2D eigenvalue weighted by atomic mass is 9.95. The van der Waals surface area contributed by atoms with Crippen molar-refractivity contribution in [1.29, 1.82) is 0 Å². The molecule has 25 heavy (non-hydrogen) atoms. The van der Waals surface area contributed by atoms with Crippen LogP contribution in [0.5, 0.6) is 0 Å². The molecular formula is C20H24BrClO2S. The van der Waals surface area contributed by atoms with Gasteiger partial charge in [0, 0.05) is 9.50 Å². The summed E-state index contributed by atoms with van der Waals surface area (Å²) in [5.74, 6) is 0.486. The molecule has 0 aliphatic heterocycles. The molecule has 0 amide bonds. The van der Waals surface area contributed by atoms with Gasteiger partial charge in [0.15, 0.2) is 9.84 Å². The van der Waals surface area contributed by atoms with Gasteiger partial charge in [0.2, 0.25) is 0 Å². The average molecular weight is 444 g/mol. The van der Waals surface area contributed by atoms with Crippen LogP contribution < -0.4 is 0 Å². The zero-order chi connectivity index (χ0) is 18.6. The molecule has 2 nitrogen and oxygen atoms in total. The van der Waals surface area contributed by atoms with Crippen LogP contribution in [0.2, 0.25) is 5.02 Å². The summed E-state index contributed by atoms with van der Waals surface area (Å²) in [6.45, 7) is 6.24. The van der Waals surface area contributed by atoms with Crippen molar-refractivity contribution in [3.05, 3.63) is 63.1 Å². The summed E-state index contributed by atoms with van der Waals surface area (Å²) in [6.07, 6.45) is 1.97. The van der Waals surface area contributed by atoms with Crippen molar-refractivity contribution in [1.82, 2.24) is 0 Å². The molecular weight excluding hydrogens is 420 g/mol. The first kappa shape index (κ1) is 20.5. The van der Waals surface area contributed by atoms with Gasteiger partial charge in [-0.25, -0.2) is 8.42 Å². The van der Waals surface area contributed by atoms with Crippen LogP contribution in [0.25, 0.3) is 0 Å². The highest BCUT2D eigenvalue weighted by molar-refractivity contribution is 9.10. The van der Waals surface area contributed by atoms with Crippen LogP contribution >= 0.6 is 27.5 Å². The highest BCUT2D eigenvalue weighted by Crippen LogP contribution is 2.27. The zero-order valence-corrected chi connectivity index (χ0v) is 18.0. The van der Waals surface area contributed by atoms with Crippen molar-refractivity contribution in [3.8, 4) is 0 Å². The van der Waals surface area contributed by atoms with E-state index >= 15 is 0 Å². The lowest BCUT2D eigenvalue weighted by molar-refractivity contribution is 0.572. The highest BCUT2D eigenvalue weighted by atomic mass is 79.9. The Morgan fingerprint density at radius 3 is 2.20 bits per heavy atom. The predicted octanol–water partition coefficient (Wildman–Crippen LogP) is 6.10. The fourth-order valence-corrected chi connectivity index (χ4v) is 5.16. The number of sulfone groups is 1. The summed E-state index contributed by atoms with van der Waals surface area (Å²) >= 11 is 9.50.